The van der Waals surface area contributed by atoms with E-state index in [1.807, 2.05) is 36.4 Å². The van der Waals surface area contributed by atoms with Crippen LogP contribution in [0.5, 0.6) is 11.6 Å². The molecule has 9 nitrogen and oxygen atoms in total. The Hall–Kier alpha value is -4.42. The number of anilines is 1. The first-order chi connectivity index (χ1) is 16.1. The molecule has 0 aliphatic carbocycles. The molecular formula is C24H21N7O2. The second kappa shape index (κ2) is 8.61. The Balaban J connectivity index is 1.49. The predicted octanol–water partition coefficient (Wildman–Crippen LogP) is 2.87. The molecule has 0 saturated carbocycles. The number of aromatic nitrogens is 4. The van der Waals surface area contributed by atoms with E-state index in [0.717, 1.165) is 17.8 Å². The van der Waals surface area contributed by atoms with E-state index in [-0.39, 0.29) is 5.91 Å². The van der Waals surface area contributed by atoms with Crippen molar-refractivity contribution in [1.82, 2.24) is 24.9 Å². The second-order valence-electron chi connectivity index (χ2n) is 7.62. The Morgan fingerprint density at radius 3 is 2.79 bits per heavy atom. The molecule has 2 aromatic heterocycles. The monoisotopic (exact) mass is 439 g/mol. The topological polar surface area (TPSA) is 101 Å². The molecule has 4 aromatic rings. The first kappa shape index (κ1) is 20.5. The largest absolute Gasteiger partial charge is 0.437 e. The molecule has 0 radical (unpaired) electrons. The molecule has 5 rings (SSSR count). The number of rotatable bonds is 5. The average Bonchev–Trinajstić information content (AvgIpc) is 3.47. The van der Waals surface area contributed by atoms with Crippen molar-refractivity contribution in [3.8, 4) is 34.6 Å². The molecular weight excluding hydrogens is 418 g/mol. The maximum atomic E-state index is 12.2. The van der Waals surface area contributed by atoms with Crippen molar-refractivity contribution in [1.29, 1.82) is 5.26 Å². The van der Waals surface area contributed by atoms with Crippen molar-refractivity contribution >= 4 is 11.6 Å². The van der Waals surface area contributed by atoms with Crippen LogP contribution in [0.1, 0.15) is 5.56 Å². The van der Waals surface area contributed by atoms with Gasteiger partial charge in [0.15, 0.2) is 5.75 Å². The molecule has 0 unspecified atom stereocenters. The summed E-state index contributed by atoms with van der Waals surface area (Å²) in [4.78, 5) is 14.0. The second-order valence-corrected chi connectivity index (χ2v) is 7.62. The minimum Gasteiger partial charge on any atom is -0.437 e. The van der Waals surface area contributed by atoms with Gasteiger partial charge in [-0.25, -0.2) is 9.36 Å². The third-order valence-corrected chi connectivity index (χ3v) is 5.43. The molecule has 9 heteroatoms. The van der Waals surface area contributed by atoms with Gasteiger partial charge in [-0.2, -0.15) is 15.5 Å². The summed E-state index contributed by atoms with van der Waals surface area (Å²) in [5.41, 5.74) is 3.58. The number of aryl methyl sites for hydroxylation is 1. The molecule has 0 atom stereocenters. The molecule has 1 aliphatic heterocycles. The lowest BCUT2D eigenvalue weighted by atomic mass is 10.2. The minimum atomic E-state index is 0.000396. The minimum absolute atomic E-state index is 0.000396. The number of hydrogen-bond acceptors (Lipinski definition) is 6. The molecule has 3 heterocycles. The summed E-state index contributed by atoms with van der Waals surface area (Å²) < 4.78 is 9.51. The van der Waals surface area contributed by atoms with Crippen molar-refractivity contribution in [3.63, 3.8) is 0 Å². The van der Waals surface area contributed by atoms with E-state index in [9.17, 15) is 10.1 Å². The summed E-state index contributed by atoms with van der Waals surface area (Å²) in [6, 6.07) is 19.0. The highest BCUT2D eigenvalue weighted by molar-refractivity contribution is 5.95. The maximum Gasteiger partial charge on any atom is 0.241 e. The van der Waals surface area contributed by atoms with Gasteiger partial charge in [0.25, 0.3) is 0 Å². The summed E-state index contributed by atoms with van der Waals surface area (Å²) in [6.45, 7) is 1.62. The van der Waals surface area contributed by atoms with Crippen LogP contribution < -0.4 is 15.0 Å². The third kappa shape index (κ3) is 4.07. The molecule has 164 valence electrons. The van der Waals surface area contributed by atoms with Crippen LogP contribution in [0.4, 0.5) is 5.69 Å². The molecule has 2 aromatic carbocycles. The lowest BCUT2D eigenvalue weighted by molar-refractivity contribution is -0.118. The SMILES string of the molecule is Cn1nc(-c2ccccc2)cc1Oc1cc(C#N)ccc1-n1cc(N2CCNCC2=O)cn1. The number of ether oxygens (including phenoxy) is 1. The molecule has 33 heavy (non-hydrogen) atoms. The van der Waals surface area contributed by atoms with Crippen LogP contribution in [0, 0.1) is 11.3 Å². The number of piperazine rings is 1. The zero-order valence-electron chi connectivity index (χ0n) is 18.0. The summed E-state index contributed by atoms with van der Waals surface area (Å²) in [5.74, 6) is 0.980. The number of benzene rings is 2. The molecule has 0 spiro atoms. The van der Waals surface area contributed by atoms with E-state index in [1.165, 1.54) is 0 Å². The lowest BCUT2D eigenvalue weighted by Crippen LogP contribution is -2.48. The van der Waals surface area contributed by atoms with Crippen LogP contribution in [0.25, 0.3) is 16.9 Å². The third-order valence-electron chi connectivity index (χ3n) is 5.43. The van der Waals surface area contributed by atoms with E-state index >= 15 is 0 Å². The fourth-order valence-electron chi connectivity index (χ4n) is 3.73. The predicted molar refractivity (Wildman–Crippen MR) is 122 cm³/mol. The van der Waals surface area contributed by atoms with Crippen molar-refractivity contribution in [3.05, 3.63) is 72.6 Å². The maximum absolute atomic E-state index is 12.2. The highest BCUT2D eigenvalue weighted by Gasteiger charge is 2.21. The van der Waals surface area contributed by atoms with Gasteiger partial charge in [0.2, 0.25) is 11.8 Å². The summed E-state index contributed by atoms with van der Waals surface area (Å²) in [6.07, 6.45) is 3.44. The number of hydrogen-bond donors (Lipinski definition) is 1. The first-order valence-electron chi connectivity index (χ1n) is 10.5. The molecule has 1 saturated heterocycles. The van der Waals surface area contributed by atoms with E-state index in [1.54, 1.807) is 51.9 Å². The van der Waals surface area contributed by atoms with Crippen LogP contribution in [0.3, 0.4) is 0 Å². The van der Waals surface area contributed by atoms with E-state index < -0.39 is 0 Å². The number of carbonyl (C=O) groups excluding carboxylic acids is 1. The normalized spacial score (nSPS) is 13.7. The van der Waals surface area contributed by atoms with Gasteiger partial charge < -0.3 is 15.0 Å². The van der Waals surface area contributed by atoms with Crippen molar-refractivity contribution in [2.75, 3.05) is 24.5 Å². The fourth-order valence-corrected chi connectivity index (χ4v) is 3.73. The summed E-state index contributed by atoms with van der Waals surface area (Å²) in [5, 5.41) is 21.5. The quantitative estimate of drug-likeness (QED) is 0.513. The molecule has 1 aliphatic rings. The Morgan fingerprint density at radius 1 is 1.15 bits per heavy atom. The zero-order chi connectivity index (χ0) is 22.8. The van der Waals surface area contributed by atoms with Crippen LogP contribution >= 0.6 is 0 Å². The Kier molecular flexibility index (Phi) is 5.34. The Morgan fingerprint density at radius 2 is 2.00 bits per heavy atom. The van der Waals surface area contributed by atoms with E-state index in [2.05, 4.69) is 21.6 Å². The van der Waals surface area contributed by atoms with Gasteiger partial charge in [0.1, 0.15) is 5.69 Å². The van der Waals surface area contributed by atoms with Crippen LogP contribution in [-0.4, -0.2) is 45.1 Å². The summed E-state index contributed by atoms with van der Waals surface area (Å²) >= 11 is 0. The highest BCUT2D eigenvalue weighted by atomic mass is 16.5. The Bertz CT molecular complexity index is 1350. The van der Waals surface area contributed by atoms with E-state index in [4.69, 9.17) is 4.74 Å². The van der Waals surface area contributed by atoms with Gasteiger partial charge in [0.05, 0.1) is 42.0 Å². The zero-order valence-corrected chi connectivity index (χ0v) is 18.0. The van der Waals surface area contributed by atoms with Crippen LogP contribution in [0.15, 0.2) is 67.0 Å². The van der Waals surface area contributed by atoms with Gasteiger partial charge in [0, 0.05) is 37.8 Å². The number of nitrogens with one attached hydrogen (secondary N) is 1. The standard InChI is InChI=1S/C24H21N7O2/c1-29-24(12-20(28-29)18-5-3-2-4-6-18)33-22-11-17(13-25)7-8-21(22)31-16-19(14-27-31)30-10-9-26-15-23(30)32/h2-8,11-12,14,16,26H,9-10,15H2,1H3. The van der Waals surface area contributed by atoms with E-state index in [0.29, 0.717) is 41.7 Å². The molecule has 0 bridgehead atoms. The number of nitriles is 1. The first-order valence-corrected chi connectivity index (χ1v) is 10.5. The smallest absolute Gasteiger partial charge is 0.241 e. The van der Waals surface area contributed by atoms with Gasteiger partial charge in [-0.1, -0.05) is 30.3 Å². The highest BCUT2D eigenvalue weighted by Crippen LogP contribution is 2.32. The van der Waals surface area contributed by atoms with Gasteiger partial charge >= 0.3 is 0 Å². The van der Waals surface area contributed by atoms with Gasteiger partial charge in [-0.05, 0) is 12.1 Å². The molecule has 1 fully saturated rings. The molecule has 1 N–H and O–H groups in total. The number of carbonyl (C=O) groups is 1. The van der Waals surface area contributed by atoms with Crippen molar-refractivity contribution < 1.29 is 9.53 Å². The van der Waals surface area contributed by atoms with Crippen molar-refractivity contribution in [2.24, 2.45) is 7.05 Å². The van der Waals surface area contributed by atoms with Crippen molar-refractivity contribution in [2.45, 2.75) is 0 Å². The van der Waals surface area contributed by atoms with Crippen LogP contribution in [-0.2, 0) is 11.8 Å². The molecule has 1 amide bonds. The Labute approximate surface area is 190 Å². The lowest BCUT2D eigenvalue weighted by Gasteiger charge is -2.25. The fraction of sp³-hybridized carbons (Fsp3) is 0.167. The van der Waals surface area contributed by atoms with Gasteiger partial charge in [-0.15, -0.1) is 0 Å². The average molecular weight is 439 g/mol. The van der Waals surface area contributed by atoms with Crippen LogP contribution in [0.2, 0.25) is 0 Å². The number of nitrogens with zero attached hydrogens (tertiary/aromatic N) is 6. The van der Waals surface area contributed by atoms with Gasteiger partial charge in [-0.3, -0.25) is 4.79 Å². The summed E-state index contributed by atoms with van der Waals surface area (Å²) in [7, 11) is 1.80. The number of amides is 1.